The largest absolute Gasteiger partial charge is 0.481 e. The van der Waals surface area contributed by atoms with Crippen molar-refractivity contribution in [3.05, 3.63) is 22.4 Å². The molecule has 0 bridgehead atoms. The standard InChI is InChI=1S/C14H20O2S/c1-11-4-7-14(8-5-11,13(15)16)9-6-12-3-2-10-17-12/h2-3,10-11H,4-9H2,1H3,(H,15,16). The second-order valence-electron chi connectivity index (χ2n) is 5.35. The van der Waals surface area contributed by atoms with Crippen LogP contribution in [0.4, 0.5) is 0 Å². The minimum atomic E-state index is -0.582. The Morgan fingerprint density at radius 1 is 1.53 bits per heavy atom. The van der Waals surface area contributed by atoms with Crippen molar-refractivity contribution in [3.63, 3.8) is 0 Å². The molecule has 2 rings (SSSR count). The number of carbonyl (C=O) groups is 1. The zero-order valence-corrected chi connectivity index (χ0v) is 11.1. The highest BCUT2D eigenvalue weighted by molar-refractivity contribution is 7.09. The van der Waals surface area contributed by atoms with Gasteiger partial charge in [-0.05, 0) is 55.9 Å². The van der Waals surface area contributed by atoms with E-state index in [0.717, 1.165) is 38.5 Å². The fraction of sp³-hybridized carbons (Fsp3) is 0.643. The molecule has 94 valence electrons. The van der Waals surface area contributed by atoms with Gasteiger partial charge in [-0.1, -0.05) is 13.0 Å². The summed E-state index contributed by atoms with van der Waals surface area (Å²) in [6.07, 6.45) is 5.56. The lowest BCUT2D eigenvalue weighted by atomic mass is 9.68. The summed E-state index contributed by atoms with van der Waals surface area (Å²) in [4.78, 5) is 12.9. The first-order valence-electron chi connectivity index (χ1n) is 6.38. The van der Waals surface area contributed by atoms with Crippen molar-refractivity contribution in [2.45, 2.75) is 45.4 Å². The Bertz CT molecular complexity index is 362. The van der Waals surface area contributed by atoms with Gasteiger partial charge >= 0.3 is 5.97 Å². The van der Waals surface area contributed by atoms with E-state index in [1.54, 1.807) is 11.3 Å². The summed E-state index contributed by atoms with van der Waals surface area (Å²) in [5.41, 5.74) is -0.448. The van der Waals surface area contributed by atoms with Crippen molar-refractivity contribution in [2.24, 2.45) is 11.3 Å². The highest BCUT2D eigenvalue weighted by atomic mass is 32.1. The van der Waals surface area contributed by atoms with Crippen LogP contribution in [0.5, 0.6) is 0 Å². The normalized spacial score (nSPS) is 29.1. The minimum absolute atomic E-state index is 0.448. The molecule has 1 aromatic rings. The number of hydrogen-bond acceptors (Lipinski definition) is 2. The molecule has 0 saturated heterocycles. The van der Waals surface area contributed by atoms with E-state index in [0.29, 0.717) is 5.92 Å². The predicted octanol–water partition coefficient (Wildman–Crippen LogP) is 3.96. The monoisotopic (exact) mass is 252 g/mol. The maximum absolute atomic E-state index is 11.5. The van der Waals surface area contributed by atoms with Crippen LogP contribution in [0.2, 0.25) is 0 Å². The second-order valence-corrected chi connectivity index (χ2v) is 6.38. The van der Waals surface area contributed by atoms with E-state index < -0.39 is 11.4 Å². The molecule has 1 N–H and O–H groups in total. The first-order chi connectivity index (χ1) is 8.12. The molecule has 3 heteroatoms. The third kappa shape index (κ3) is 2.89. The van der Waals surface area contributed by atoms with Gasteiger partial charge in [-0.25, -0.2) is 0 Å². The van der Waals surface area contributed by atoms with Gasteiger partial charge in [0.05, 0.1) is 5.41 Å². The Kier molecular flexibility index (Phi) is 3.87. The van der Waals surface area contributed by atoms with E-state index in [1.165, 1.54) is 4.88 Å². The number of aliphatic carboxylic acids is 1. The number of thiophene rings is 1. The number of carboxylic acids is 1. The average molecular weight is 252 g/mol. The van der Waals surface area contributed by atoms with Crippen LogP contribution in [-0.2, 0) is 11.2 Å². The molecule has 1 saturated carbocycles. The van der Waals surface area contributed by atoms with Crippen LogP contribution >= 0.6 is 11.3 Å². The van der Waals surface area contributed by atoms with Crippen LogP contribution in [0.3, 0.4) is 0 Å². The maximum Gasteiger partial charge on any atom is 0.309 e. The summed E-state index contributed by atoms with van der Waals surface area (Å²) >= 11 is 1.73. The molecule has 1 aliphatic rings. The van der Waals surface area contributed by atoms with Crippen molar-refractivity contribution in [3.8, 4) is 0 Å². The van der Waals surface area contributed by atoms with E-state index in [9.17, 15) is 9.90 Å². The summed E-state index contributed by atoms with van der Waals surface area (Å²) in [6.45, 7) is 2.23. The molecule has 2 nitrogen and oxygen atoms in total. The van der Waals surface area contributed by atoms with Gasteiger partial charge in [-0.15, -0.1) is 11.3 Å². The Morgan fingerprint density at radius 2 is 2.24 bits per heavy atom. The van der Waals surface area contributed by atoms with Crippen LogP contribution in [-0.4, -0.2) is 11.1 Å². The highest BCUT2D eigenvalue weighted by Gasteiger charge is 2.40. The fourth-order valence-corrected chi connectivity index (χ4v) is 3.41. The topological polar surface area (TPSA) is 37.3 Å². The summed E-state index contributed by atoms with van der Waals surface area (Å²) in [5, 5.41) is 11.6. The van der Waals surface area contributed by atoms with Gasteiger partial charge in [0.1, 0.15) is 0 Å². The van der Waals surface area contributed by atoms with Gasteiger partial charge in [0.25, 0.3) is 0 Å². The van der Waals surface area contributed by atoms with E-state index >= 15 is 0 Å². The van der Waals surface area contributed by atoms with Gasteiger partial charge in [0.15, 0.2) is 0 Å². The molecule has 1 aliphatic carbocycles. The lowest BCUT2D eigenvalue weighted by Crippen LogP contribution is -2.35. The number of carboxylic acid groups (broad SMARTS) is 1. The van der Waals surface area contributed by atoms with Crippen LogP contribution in [0.1, 0.15) is 43.9 Å². The van der Waals surface area contributed by atoms with E-state index in [2.05, 4.69) is 18.4 Å². The van der Waals surface area contributed by atoms with Crippen LogP contribution in [0.25, 0.3) is 0 Å². The molecule has 0 atom stereocenters. The van der Waals surface area contributed by atoms with Gasteiger partial charge in [0, 0.05) is 4.88 Å². The van der Waals surface area contributed by atoms with Crippen molar-refractivity contribution in [1.29, 1.82) is 0 Å². The van der Waals surface area contributed by atoms with Gasteiger partial charge < -0.3 is 5.11 Å². The summed E-state index contributed by atoms with van der Waals surface area (Å²) in [5.74, 6) is 0.116. The highest BCUT2D eigenvalue weighted by Crippen LogP contribution is 2.42. The second kappa shape index (κ2) is 5.21. The van der Waals surface area contributed by atoms with Gasteiger partial charge in [-0.3, -0.25) is 4.79 Å². The molecule has 0 spiro atoms. The first kappa shape index (κ1) is 12.6. The smallest absolute Gasteiger partial charge is 0.309 e. The Balaban J connectivity index is 2.00. The number of hydrogen-bond donors (Lipinski definition) is 1. The third-order valence-electron chi connectivity index (χ3n) is 4.12. The molecule has 17 heavy (non-hydrogen) atoms. The molecule has 0 amide bonds. The summed E-state index contributed by atoms with van der Waals surface area (Å²) < 4.78 is 0. The van der Waals surface area contributed by atoms with E-state index in [-0.39, 0.29) is 0 Å². The zero-order chi connectivity index (χ0) is 12.3. The quantitative estimate of drug-likeness (QED) is 0.880. The molecular formula is C14H20O2S. The molecule has 0 radical (unpaired) electrons. The zero-order valence-electron chi connectivity index (χ0n) is 10.3. The average Bonchev–Trinajstić information content (AvgIpc) is 2.81. The minimum Gasteiger partial charge on any atom is -0.481 e. The Hall–Kier alpha value is -0.830. The van der Waals surface area contributed by atoms with Crippen LogP contribution < -0.4 is 0 Å². The van der Waals surface area contributed by atoms with Crippen LogP contribution in [0.15, 0.2) is 17.5 Å². The van der Waals surface area contributed by atoms with Crippen LogP contribution in [0, 0.1) is 11.3 Å². The molecule has 1 aromatic heterocycles. The molecule has 0 aliphatic heterocycles. The van der Waals surface area contributed by atoms with Crippen molar-refractivity contribution < 1.29 is 9.90 Å². The fourth-order valence-electron chi connectivity index (χ4n) is 2.70. The Labute approximate surface area is 107 Å². The first-order valence-corrected chi connectivity index (χ1v) is 7.26. The molecular weight excluding hydrogens is 232 g/mol. The lowest BCUT2D eigenvalue weighted by Gasteiger charge is -2.35. The van der Waals surface area contributed by atoms with Crippen molar-refractivity contribution in [2.75, 3.05) is 0 Å². The predicted molar refractivity (Wildman–Crippen MR) is 70.3 cm³/mol. The molecule has 0 unspecified atom stereocenters. The summed E-state index contributed by atoms with van der Waals surface area (Å²) in [7, 11) is 0. The number of aryl methyl sites for hydroxylation is 1. The van der Waals surface area contributed by atoms with E-state index in [1.807, 2.05) is 6.07 Å². The number of rotatable bonds is 4. The summed E-state index contributed by atoms with van der Waals surface area (Å²) in [6, 6.07) is 4.14. The Morgan fingerprint density at radius 3 is 2.76 bits per heavy atom. The van der Waals surface area contributed by atoms with Crippen molar-refractivity contribution >= 4 is 17.3 Å². The van der Waals surface area contributed by atoms with E-state index in [4.69, 9.17) is 0 Å². The van der Waals surface area contributed by atoms with Gasteiger partial charge in [0.2, 0.25) is 0 Å². The van der Waals surface area contributed by atoms with Crippen molar-refractivity contribution in [1.82, 2.24) is 0 Å². The molecule has 0 aromatic carbocycles. The lowest BCUT2D eigenvalue weighted by molar-refractivity contribution is -0.152. The SMILES string of the molecule is CC1CCC(CCc2cccs2)(C(=O)O)CC1. The third-order valence-corrected chi connectivity index (χ3v) is 5.05. The van der Waals surface area contributed by atoms with Gasteiger partial charge in [-0.2, -0.15) is 0 Å². The molecule has 1 heterocycles. The maximum atomic E-state index is 11.5. The molecule has 1 fully saturated rings.